The number of aromatic nitrogens is 1. The van der Waals surface area contributed by atoms with Gasteiger partial charge >= 0.3 is 0 Å². The number of pyridine rings is 1. The lowest BCUT2D eigenvalue weighted by Gasteiger charge is -2.06. The first kappa shape index (κ1) is 9.13. The summed E-state index contributed by atoms with van der Waals surface area (Å²) in [6, 6.07) is 4.22. The van der Waals surface area contributed by atoms with Crippen LogP contribution >= 0.6 is 0 Å². The molecule has 0 bridgehead atoms. The molecule has 0 amide bonds. The van der Waals surface area contributed by atoms with Gasteiger partial charge < -0.3 is 0 Å². The molecule has 0 aliphatic carbocycles. The highest BCUT2D eigenvalue weighted by molar-refractivity contribution is 6.10. The van der Waals surface area contributed by atoms with Crippen LogP contribution in [0.1, 0.15) is 31.0 Å². The van der Waals surface area contributed by atoms with Crippen molar-refractivity contribution in [1.29, 1.82) is 0 Å². The number of allylic oxidation sites excluding steroid dienone is 1. The van der Waals surface area contributed by atoms with Crippen molar-refractivity contribution < 1.29 is 0 Å². The Kier molecular flexibility index (Phi) is 2.44. The van der Waals surface area contributed by atoms with Gasteiger partial charge in [0.05, 0.1) is 12.2 Å². The van der Waals surface area contributed by atoms with Crippen molar-refractivity contribution in [1.82, 2.24) is 4.98 Å². The summed E-state index contributed by atoms with van der Waals surface area (Å²) in [4.78, 5) is 8.50. The van der Waals surface area contributed by atoms with Crippen LogP contribution in [0.25, 0.3) is 5.57 Å². The summed E-state index contributed by atoms with van der Waals surface area (Å²) in [5.74, 6) is 0.552. The zero-order chi connectivity index (χ0) is 9.97. The van der Waals surface area contributed by atoms with Crippen molar-refractivity contribution in [3.8, 4) is 0 Å². The fourth-order valence-corrected chi connectivity index (χ4v) is 1.49. The molecule has 0 saturated carbocycles. The molecule has 1 aromatic heterocycles. The van der Waals surface area contributed by atoms with E-state index in [0.29, 0.717) is 5.92 Å². The second-order valence-corrected chi connectivity index (χ2v) is 3.78. The van der Waals surface area contributed by atoms with E-state index in [1.165, 1.54) is 5.56 Å². The van der Waals surface area contributed by atoms with Gasteiger partial charge in [0.25, 0.3) is 0 Å². The first-order chi connectivity index (χ1) is 6.77. The van der Waals surface area contributed by atoms with E-state index in [2.05, 4.69) is 42.0 Å². The predicted octanol–water partition coefficient (Wildman–Crippen LogP) is 2.67. The van der Waals surface area contributed by atoms with Crippen LogP contribution in [-0.4, -0.2) is 17.7 Å². The van der Waals surface area contributed by atoms with E-state index in [-0.39, 0.29) is 0 Å². The van der Waals surface area contributed by atoms with Crippen molar-refractivity contribution in [2.24, 2.45) is 4.99 Å². The third-order valence-corrected chi connectivity index (χ3v) is 2.39. The lowest BCUT2D eigenvalue weighted by molar-refractivity contribution is 0.862. The number of aliphatic imine (C=N–C) groups is 1. The molecule has 72 valence electrons. The SMILES string of the molecule is CC(C)c1ccnc(C2=CCN=C2)c1. The van der Waals surface area contributed by atoms with E-state index in [0.717, 1.165) is 17.8 Å². The molecule has 0 fully saturated rings. The summed E-state index contributed by atoms with van der Waals surface area (Å²) in [5, 5.41) is 0. The van der Waals surface area contributed by atoms with Gasteiger partial charge in [-0.1, -0.05) is 19.9 Å². The van der Waals surface area contributed by atoms with Crippen LogP contribution < -0.4 is 0 Å². The van der Waals surface area contributed by atoms with Gasteiger partial charge in [-0.15, -0.1) is 0 Å². The molecule has 0 aromatic carbocycles. The average Bonchev–Trinajstić information content (AvgIpc) is 2.71. The Labute approximate surface area is 84.4 Å². The molecular formula is C12H14N2. The van der Waals surface area contributed by atoms with E-state index in [9.17, 15) is 0 Å². The van der Waals surface area contributed by atoms with Crippen molar-refractivity contribution in [2.75, 3.05) is 6.54 Å². The van der Waals surface area contributed by atoms with Gasteiger partial charge in [0.2, 0.25) is 0 Å². The Hall–Kier alpha value is -1.44. The van der Waals surface area contributed by atoms with E-state index in [1.807, 2.05) is 12.4 Å². The Bertz CT molecular complexity index is 389. The number of nitrogens with zero attached hydrogens (tertiary/aromatic N) is 2. The molecule has 2 heteroatoms. The van der Waals surface area contributed by atoms with Crippen LogP contribution in [0.2, 0.25) is 0 Å². The Morgan fingerprint density at radius 3 is 2.86 bits per heavy atom. The van der Waals surface area contributed by atoms with Gasteiger partial charge in [-0.3, -0.25) is 9.98 Å². The van der Waals surface area contributed by atoms with Gasteiger partial charge in [0.1, 0.15) is 0 Å². The van der Waals surface area contributed by atoms with Crippen LogP contribution in [0.3, 0.4) is 0 Å². The third kappa shape index (κ3) is 1.74. The predicted molar refractivity (Wildman–Crippen MR) is 59.7 cm³/mol. The van der Waals surface area contributed by atoms with E-state index < -0.39 is 0 Å². The van der Waals surface area contributed by atoms with Gasteiger partial charge in [-0.05, 0) is 23.6 Å². The molecule has 2 nitrogen and oxygen atoms in total. The molecule has 1 aromatic rings. The molecule has 0 N–H and O–H groups in total. The van der Waals surface area contributed by atoms with Crippen LogP contribution in [0, 0.1) is 0 Å². The van der Waals surface area contributed by atoms with Crippen LogP contribution in [-0.2, 0) is 0 Å². The minimum absolute atomic E-state index is 0.552. The van der Waals surface area contributed by atoms with Gasteiger partial charge in [0, 0.05) is 18.0 Å². The molecule has 1 aliphatic heterocycles. The summed E-state index contributed by atoms with van der Waals surface area (Å²) < 4.78 is 0. The average molecular weight is 186 g/mol. The fraction of sp³-hybridized carbons (Fsp3) is 0.333. The largest absolute Gasteiger partial charge is 0.288 e. The molecule has 0 atom stereocenters. The highest BCUT2D eigenvalue weighted by atomic mass is 14.7. The van der Waals surface area contributed by atoms with Crippen molar-refractivity contribution in [3.05, 3.63) is 35.7 Å². The summed E-state index contributed by atoms with van der Waals surface area (Å²) in [7, 11) is 0. The number of hydrogen-bond donors (Lipinski definition) is 0. The molecule has 0 spiro atoms. The fourth-order valence-electron chi connectivity index (χ4n) is 1.49. The topological polar surface area (TPSA) is 25.2 Å². The maximum absolute atomic E-state index is 4.34. The van der Waals surface area contributed by atoms with Crippen molar-refractivity contribution in [2.45, 2.75) is 19.8 Å². The molecule has 0 radical (unpaired) electrons. The molecule has 1 aliphatic rings. The standard InChI is InChI=1S/C12H14N2/c1-9(2)10-4-6-14-12(7-10)11-3-5-13-8-11/h3-4,6-9H,5H2,1-2H3. The van der Waals surface area contributed by atoms with Crippen LogP contribution in [0.5, 0.6) is 0 Å². The zero-order valence-corrected chi connectivity index (χ0v) is 8.57. The molecule has 2 heterocycles. The summed E-state index contributed by atoms with van der Waals surface area (Å²) in [6.45, 7) is 5.18. The van der Waals surface area contributed by atoms with Gasteiger partial charge in [-0.25, -0.2) is 0 Å². The maximum Gasteiger partial charge on any atom is 0.0717 e. The zero-order valence-electron chi connectivity index (χ0n) is 8.57. The molecule has 2 rings (SSSR count). The third-order valence-electron chi connectivity index (χ3n) is 2.39. The van der Waals surface area contributed by atoms with Gasteiger partial charge in [0.15, 0.2) is 0 Å². The Morgan fingerprint density at radius 1 is 1.36 bits per heavy atom. The summed E-state index contributed by atoms with van der Waals surface area (Å²) in [6.07, 6.45) is 5.87. The van der Waals surface area contributed by atoms with E-state index in [1.54, 1.807) is 0 Å². The number of rotatable bonds is 2. The Morgan fingerprint density at radius 2 is 2.21 bits per heavy atom. The lowest BCUT2D eigenvalue weighted by atomic mass is 10.0. The van der Waals surface area contributed by atoms with E-state index in [4.69, 9.17) is 0 Å². The van der Waals surface area contributed by atoms with Crippen LogP contribution in [0.4, 0.5) is 0 Å². The van der Waals surface area contributed by atoms with E-state index >= 15 is 0 Å². The Balaban J connectivity index is 2.35. The molecular weight excluding hydrogens is 172 g/mol. The normalized spacial score (nSPS) is 14.9. The first-order valence-electron chi connectivity index (χ1n) is 4.93. The summed E-state index contributed by atoms with van der Waals surface area (Å²) in [5.41, 5.74) is 3.51. The number of hydrogen-bond acceptors (Lipinski definition) is 2. The second-order valence-electron chi connectivity index (χ2n) is 3.78. The maximum atomic E-state index is 4.34. The monoisotopic (exact) mass is 186 g/mol. The molecule has 14 heavy (non-hydrogen) atoms. The smallest absolute Gasteiger partial charge is 0.0717 e. The van der Waals surface area contributed by atoms with Crippen molar-refractivity contribution in [3.63, 3.8) is 0 Å². The summed E-state index contributed by atoms with van der Waals surface area (Å²) >= 11 is 0. The lowest BCUT2D eigenvalue weighted by Crippen LogP contribution is -1.93. The van der Waals surface area contributed by atoms with Crippen LogP contribution in [0.15, 0.2) is 29.4 Å². The highest BCUT2D eigenvalue weighted by Crippen LogP contribution is 2.19. The molecule has 0 saturated heterocycles. The highest BCUT2D eigenvalue weighted by Gasteiger charge is 2.06. The van der Waals surface area contributed by atoms with Crippen molar-refractivity contribution >= 4 is 11.8 Å². The minimum Gasteiger partial charge on any atom is -0.288 e. The first-order valence-corrected chi connectivity index (χ1v) is 4.93. The second kappa shape index (κ2) is 3.74. The quantitative estimate of drug-likeness (QED) is 0.697. The van der Waals surface area contributed by atoms with Gasteiger partial charge in [-0.2, -0.15) is 0 Å². The molecule has 0 unspecified atom stereocenters. The minimum atomic E-state index is 0.552.